The van der Waals surface area contributed by atoms with Gasteiger partial charge < -0.3 is 14.5 Å². The summed E-state index contributed by atoms with van der Waals surface area (Å²) in [7, 11) is -2.26. The number of fused-ring (bicyclic) bond motifs is 1. The zero-order valence-electron chi connectivity index (χ0n) is 18.8. The molecule has 0 saturated carbocycles. The van der Waals surface area contributed by atoms with Crippen LogP contribution in [-0.2, 0) is 26.6 Å². The Morgan fingerprint density at radius 1 is 1.15 bits per heavy atom. The van der Waals surface area contributed by atoms with Crippen molar-refractivity contribution in [1.29, 1.82) is 0 Å². The predicted molar refractivity (Wildman–Crippen MR) is 124 cm³/mol. The summed E-state index contributed by atoms with van der Waals surface area (Å²) >= 11 is 0. The van der Waals surface area contributed by atoms with E-state index in [-0.39, 0.29) is 42.0 Å². The molecule has 0 aliphatic carbocycles. The number of aromatic nitrogens is 1. The number of ether oxygens (including phenoxy) is 1. The zero-order valence-corrected chi connectivity index (χ0v) is 19.6. The van der Waals surface area contributed by atoms with Gasteiger partial charge in [0.1, 0.15) is 0 Å². The van der Waals surface area contributed by atoms with Gasteiger partial charge in [-0.3, -0.25) is 9.36 Å². The first-order valence-corrected chi connectivity index (χ1v) is 12.3. The smallest absolute Gasteiger partial charge is 0.419 e. The molecule has 1 aromatic heterocycles. The van der Waals surface area contributed by atoms with Gasteiger partial charge in [-0.2, -0.15) is 4.31 Å². The predicted octanol–water partition coefficient (Wildman–Crippen LogP) is 2.35. The second-order valence-corrected chi connectivity index (χ2v) is 9.96. The molecule has 0 unspecified atom stereocenters. The lowest BCUT2D eigenvalue weighted by atomic mass is 9.97. The van der Waals surface area contributed by atoms with E-state index in [0.717, 1.165) is 0 Å². The van der Waals surface area contributed by atoms with E-state index in [1.54, 1.807) is 38.2 Å². The van der Waals surface area contributed by atoms with Gasteiger partial charge in [-0.05, 0) is 50.1 Å². The largest absolute Gasteiger partial charge is 0.462 e. The molecule has 1 aliphatic rings. The fourth-order valence-corrected chi connectivity index (χ4v) is 5.45. The summed E-state index contributed by atoms with van der Waals surface area (Å²) in [6.45, 7) is 2.33. The molecule has 1 aliphatic heterocycles. The highest BCUT2D eigenvalue weighted by molar-refractivity contribution is 7.89. The van der Waals surface area contributed by atoms with Gasteiger partial charge in [0.05, 0.1) is 22.6 Å². The van der Waals surface area contributed by atoms with Crippen molar-refractivity contribution in [3.63, 3.8) is 0 Å². The summed E-state index contributed by atoms with van der Waals surface area (Å²) in [6.07, 6.45) is 0.705. The molecule has 0 radical (unpaired) electrons. The van der Waals surface area contributed by atoms with Crippen LogP contribution in [-0.4, -0.2) is 48.9 Å². The van der Waals surface area contributed by atoms with E-state index in [0.29, 0.717) is 29.6 Å². The molecular formula is C23H25N3O7S. The fraction of sp³-hybridized carbons (Fsp3) is 0.348. The van der Waals surface area contributed by atoms with Gasteiger partial charge >= 0.3 is 11.7 Å². The third-order valence-corrected chi connectivity index (χ3v) is 7.76. The standard InChI is InChI=1S/C23H25N3O7S/c1-3-32-22(28)16-5-4-6-17(13-16)24-21(27)15-9-11-26(12-10-15)34(30,31)18-7-8-19-20(14-18)33-23(29)25(19)2/h4-8,13-15H,3,9-12H2,1-2H3,(H,24,27). The van der Waals surface area contributed by atoms with Gasteiger partial charge in [0.2, 0.25) is 15.9 Å². The molecule has 1 amide bonds. The Hall–Kier alpha value is -3.44. The number of anilines is 1. The summed E-state index contributed by atoms with van der Waals surface area (Å²) < 4.78 is 38.9. The maximum Gasteiger partial charge on any atom is 0.419 e. The van der Waals surface area contributed by atoms with E-state index in [9.17, 15) is 22.8 Å². The Balaban J connectivity index is 1.41. The second kappa shape index (κ2) is 9.43. The van der Waals surface area contributed by atoms with E-state index in [4.69, 9.17) is 9.15 Å². The number of carbonyl (C=O) groups is 2. The van der Waals surface area contributed by atoms with Gasteiger partial charge in [0.15, 0.2) is 5.58 Å². The van der Waals surface area contributed by atoms with Crippen molar-refractivity contribution in [2.24, 2.45) is 13.0 Å². The van der Waals surface area contributed by atoms with Crippen LogP contribution in [0.25, 0.3) is 11.1 Å². The number of hydrogen-bond donors (Lipinski definition) is 1. The maximum atomic E-state index is 13.1. The summed E-state index contributed by atoms with van der Waals surface area (Å²) in [5, 5.41) is 2.80. The number of carbonyl (C=O) groups excluding carboxylic acids is 2. The van der Waals surface area contributed by atoms with Crippen LogP contribution in [0, 0.1) is 5.92 Å². The van der Waals surface area contributed by atoms with Crippen molar-refractivity contribution in [2.45, 2.75) is 24.7 Å². The Bertz CT molecular complexity index is 1400. The number of aryl methyl sites for hydroxylation is 1. The van der Waals surface area contributed by atoms with Crippen LogP contribution >= 0.6 is 0 Å². The zero-order chi connectivity index (χ0) is 24.5. The van der Waals surface area contributed by atoms with E-state index < -0.39 is 21.7 Å². The van der Waals surface area contributed by atoms with E-state index in [1.807, 2.05) is 0 Å². The molecule has 11 heteroatoms. The molecule has 0 bridgehead atoms. The molecular weight excluding hydrogens is 462 g/mol. The van der Waals surface area contributed by atoms with Gasteiger partial charge in [-0.1, -0.05) is 6.07 Å². The highest BCUT2D eigenvalue weighted by Gasteiger charge is 2.32. The van der Waals surface area contributed by atoms with Gasteiger partial charge in [0, 0.05) is 37.8 Å². The van der Waals surface area contributed by atoms with Crippen molar-refractivity contribution in [3.8, 4) is 0 Å². The monoisotopic (exact) mass is 487 g/mol. The molecule has 2 heterocycles. The van der Waals surface area contributed by atoms with Crippen molar-refractivity contribution >= 4 is 38.7 Å². The lowest BCUT2D eigenvalue weighted by Crippen LogP contribution is -2.41. The lowest BCUT2D eigenvalue weighted by Gasteiger charge is -2.30. The number of nitrogens with zero attached hydrogens (tertiary/aromatic N) is 2. The van der Waals surface area contributed by atoms with Crippen LogP contribution in [0.3, 0.4) is 0 Å². The quantitative estimate of drug-likeness (QED) is 0.529. The Morgan fingerprint density at radius 2 is 1.88 bits per heavy atom. The highest BCUT2D eigenvalue weighted by atomic mass is 32.2. The van der Waals surface area contributed by atoms with Crippen LogP contribution < -0.4 is 11.1 Å². The van der Waals surface area contributed by atoms with E-state index in [2.05, 4.69) is 5.32 Å². The third kappa shape index (κ3) is 4.62. The molecule has 3 aromatic rings. The van der Waals surface area contributed by atoms with E-state index >= 15 is 0 Å². The molecule has 1 saturated heterocycles. The number of nitrogens with one attached hydrogen (secondary N) is 1. The molecule has 4 rings (SSSR count). The maximum absolute atomic E-state index is 13.1. The highest BCUT2D eigenvalue weighted by Crippen LogP contribution is 2.27. The number of sulfonamides is 1. The second-order valence-electron chi connectivity index (χ2n) is 8.03. The van der Waals surface area contributed by atoms with Crippen LogP contribution in [0.5, 0.6) is 0 Å². The number of piperidine rings is 1. The minimum atomic E-state index is -3.81. The number of oxazole rings is 1. The molecule has 1 fully saturated rings. The van der Waals surface area contributed by atoms with Crippen LogP contribution in [0.15, 0.2) is 56.6 Å². The summed E-state index contributed by atoms with van der Waals surface area (Å²) in [5.41, 5.74) is 1.52. The van der Waals surface area contributed by atoms with Crippen molar-refractivity contribution in [3.05, 3.63) is 58.6 Å². The fourth-order valence-electron chi connectivity index (χ4n) is 3.96. The molecule has 1 N–H and O–H groups in total. The Labute approximate surface area is 196 Å². The average Bonchev–Trinajstić information content (AvgIpc) is 3.12. The number of esters is 1. The topological polar surface area (TPSA) is 128 Å². The first-order valence-electron chi connectivity index (χ1n) is 10.9. The first kappa shape index (κ1) is 23.7. The number of amides is 1. The normalized spacial score (nSPS) is 15.4. The molecule has 0 spiro atoms. The van der Waals surface area contributed by atoms with Crippen LogP contribution in [0.4, 0.5) is 5.69 Å². The minimum absolute atomic E-state index is 0.0352. The number of rotatable bonds is 6. The van der Waals surface area contributed by atoms with Crippen molar-refractivity contribution in [2.75, 3.05) is 25.0 Å². The average molecular weight is 488 g/mol. The van der Waals surface area contributed by atoms with Gasteiger partial charge in [-0.15, -0.1) is 0 Å². The van der Waals surface area contributed by atoms with E-state index in [1.165, 1.54) is 27.1 Å². The molecule has 2 aromatic carbocycles. The third-order valence-electron chi connectivity index (χ3n) is 5.87. The number of benzene rings is 2. The molecule has 0 atom stereocenters. The minimum Gasteiger partial charge on any atom is -0.462 e. The Kier molecular flexibility index (Phi) is 6.58. The summed E-state index contributed by atoms with van der Waals surface area (Å²) in [5.74, 6) is -1.63. The van der Waals surface area contributed by atoms with Crippen molar-refractivity contribution < 1.29 is 27.2 Å². The molecule has 180 valence electrons. The Morgan fingerprint density at radius 3 is 2.59 bits per heavy atom. The van der Waals surface area contributed by atoms with Gasteiger partial charge in [0.25, 0.3) is 0 Å². The van der Waals surface area contributed by atoms with Crippen LogP contribution in [0.1, 0.15) is 30.1 Å². The molecule has 10 nitrogen and oxygen atoms in total. The molecule has 34 heavy (non-hydrogen) atoms. The van der Waals surface area contributed by atoms with Crippen LogP contribution in [0.2, 0.25) is 0 Å². The first-order chi connectivity index (χ1) is 16.2. The van der Waals surface area contributed by atoms with Gasteiger partial charge in [-0.25, -0.2) is 18.0 Å². The summed E-state index contributed by atoms with van der Waals surface area (Å²) in [4.78, 5) is 36.4. The number of hydrogen-bond acceptors (Lipinski definition) is 7. The lowest BCUT2D eigenvalue weighted by molar-refractivity contribution is -0.120. The summed E-state index contributed by atoms with van der Waals surface area (Å²) in [6, 6.07) is 10.8. The SMILES string of the molecule is CCOC(=O)c1cccc(NC(=O)C2CCN(S(=O)(=O)c3ccc4c(c3)oc(=O)n4C)CC2)c1. The van der Waals surface area contributed by atoms with Crippen molar-refractivity contribution in [1.82, 2.24) is 8.87 Å².